The monoisotopic (exact) mass is 319 g/mol. The molecule has 1 aliphatic heterocycles. The average Bonchev–Trinajstić information content (AvgIpc) is 2.91. The predicted octanol–water partition coefficient (Wildman–Crippen LogP) is 0.779. The standard InChI is InChI=1S/C12H21N5OS.ClH/c13-5-4-12(18)14-7-11-3-1-2-6-17(11)8-10-9-19-16-15-10;/h9,11H,1-8,13H2,(H,14,18);1H. The Bertz CT molecular complexity index is 389. The van der Waals surface area contributed by atoms with Crippen molar-refractivity contribution in [2.75, 3.05) is 19.6 Å². The van der Waals surface area contributed by atoms with E-state index in [1.165, 1.54) is 24.4 Å². The van der Waals surface area contributed by atoms with Crippen molar-refractivity contribution in [3.8, 4) is 0 Å². The fraction of sp³-hybridized carbons (Fsp3) is 0.750. The van der Waals surface area contributed by atoms with Crippen molar-refractivity contribution in [3.63, 3.8) is 0 Å². The molecular formula is C12H22ClN5OS. The number of likely N-dealkylation sites (tertiary alicyclic amines) is 1. The molecule has 1 saturated heterocycles. The fourth-order valence-electron chi connectivity index (χ4n) is 2.41. The van der Waals surface area contributed by atoms with Crippen LogP contribution in [0.3, 0.4) is 0 Å². The first kappa shape index (κ1) is 17.3. The van der Waals surface area contributed by atoms with Crippen LogP contribution >= 0.6 is 23.9 Å². The van der Waals surface area contributed by atoms with E-state index in [0.29, 0.717) is 25.6 Å². The van der Waals surface area contributed by atoms with Crippen molar-refractivity contribution in [3.05, 3.63) is 11.1 Å². The number of carbonyl (C=O) groups is 1. The first-order chi connectivity index (χ1) is 9.29. The molecule has 1 aromatic heterocycles. The molecule has 114 valence electrons. The minimum atomic E-state index is 0. The van der Waals surface area contributed by atoms with Crippen molar-refractivity contribution in [2.45, 2.75) is 38.3 Å². The zero-order valence-electron chi connectivity index (χ0n) is 11.5. The quantitative estimate of drug-likeness (QED) is 0.809. The third-order valence-corrected chi connectivity index (χ3v) is 3.98. The molecule has 1 aliphatic rings. The number of aromatic nitrogens is 2. The predicted molar refractivity (Wildman–Crippen MR) is 81.9 cm³/mol. The average molecular weight is 320 g/mol. The molecule has 1 atom stereocenters. The highest BCUT2D eigenvalue weighted by atomic mass is 35.5. The fourth-order valence-corrected chi connectivity index (χ4v) is 2.85. The molecule has 8 heteroatoms. The van der Waals surface area contributed by atoms with Crippen LogP contribution in [0.1, 0.15) is 31.4 Å². The Kier molecular flexibility index (Phi) is 7.98. The van der Waals surface area contributed by atoms with Gasteiger partial charge < -0.3 is 11.1 Å². The summed E-state index contributed by atoms with van der Waals surface area (Å²) < 4.78 is 3.89. The number of hydrogen-bond donors (Lipinski definition) is 2. The molecule has 1 unspecified atom stereocenters. The number of nitrogens with one attached hydrogen (secondary N) is 1. The smallest absolute Gasteiger partial charge is 0.221 e. The normalized spacial score (nSPS) is 19.4. The van der Waals surface area contributed by atoms with E-state index in [9.17, 15) is 4.79 Å². The minimum absolute atomic E-state index is 0. The topological polar surface area (TPSA) is 84.1 Å². The summed E-state index contributed by atoms with van der Waals surface area (Å²) in [6.07, 6.45) is 3.97. The Labute approximate surface area is 129 Å². The summed E-state index contributed by atoms with van der Waals surface area (Å²) in [7, 11) is 0. The van der Waals surface area contributed by atoms with Gasteiger partial charge in [0.2, 0.25) is 5.91 Å². The van der Waals surface area contributed by atoms with Gasteiger partial charge in [-0.3, -0.25) is 9.69 Å². The highest BCUT2D eigenvalue weighted by Gasteiger charge is 2.23. The zero-order chi connectivity index (χ0) is 13.5. The van der Waals surface area contributed by atoms with Gasteiger partial charge in [-0.05, 0) is 30.9 Å². The summed E-state index contributed by atoms with van der Waals surface area (Å²) in [4.78, 5) is 13.9. The third kappa shape index (κ3) is 5.32. The van der Waals surface area contributed by atoms with Gasteiger partial charge in [0.25, 0.3) is 0 Å². The maximum absolute atomic E-state index is 11.5. The van der Waals surface area contributed by atoms with Gasteiger partial charge in [0.05, 0.1) is 5.69 Å². The lowest BCUT2D eigenvalue weighted by Gasteiger charge is -2.35. The number of nitrogens with two attached hydrogens (primary N) is 1. The third-order valence-electron chi connectivity index (χ3n) is 3.43. The SMILES string of the molecule is Cl.NCCC(=O)NCC1CCCCN1Cc1csnn1. The number of rotatable bonds is 6. The summed E-state index contributed by atoms with van der Waals surface area (Å²) in [6.45, 7) is 3.00. The largest absolute Gasteiger partial charge is 0.354 e. The molecule has 0 aliphatic carbocycles. The van der Waals surface area contributed by atoms with E-state index in [2.05, 4.69) is 19.8 Å². The van der Waals surface area contributed by atoms with Gasteiger partial charge in [0.15, 0.2) is 0 Å². The number of halogens is 1. The summed E-state index contributed by atoms with van der Waals surface area (Å²) in [5, 5.41) is 9.05. The number of hydrogen-bond acceptors (Lipinski definition) is 6. The van der Waals surface area contributed by atoms with Crippen LogP contribution in [0.4, 0.5) is 0 Å². The van der Waals surface area contributed by atoms with Crippen LogP contribution in [0.15, 0.2) is 5.38 Å². The summed E-state index contributed by atoms with van der Waals surface area (Å²) in [5.74, 6) is 0.0448. The van der Waals surface area contributed by atoms with Gasteiger partial charge in [0.1, 0.15) is 0 Å². The molecule has 6 nitrogen and oxygen atoms in total. The van der Waals surface area contributed by atoms with Gasteiger partial charge in [-0.1, -0.05) is 10.9 Å². The van der Waals surface area contributed by atoms with Gasteiger partial charge in [-0.15, -0.1) is 17.5 Å². The van der Waals surface area contributed by atoms with E-state index in [0.717, 1.165) is 25.2 Å². The molecule has 2 heterocycles. The van der Waals surface area contributed by atoms with Crippen molar-refractivity contribution >= 4 is 29.8 Å². The molecule has 3 N–H and O–H groups in total. The molecule has 0 spiro atoms. The zero-order valence-corrected chi connectivity index (χ0v) is 13.1. The van der Waals surface area contributed by atoms with E-state index in [-0.39, 0.29) is 18.3 Å². The van der Waals surface area contributed by atoms with Gasteiger partial charge in [-0.25, -0.2) is 0 Å². The molecule has 0 radical (unpaired) electrons. The van der Waals surface area contributed by atoms with E-state index in [4.69, 9.17) is 5.73 Å². The van der Waals surface area contributed by atoms with Crippen molar-refractivity contribution in [2.24, 2.45) is 5.73 Å². The second-order valence-corrected chi connectivity index (χ2v) is 5.47. The van der Waals surface area contributed by atoms with E-state index in [1.54, 1.807) is 0 Å². The minimum Gasteiger partial charge on any atom is -0.354 e. The Hall–Kier alpha value is -0.760. The number of carbonyl (C=O) groups excluding carboxylic acids is 1. The van der Waals surface area contributed by atoms with Crippen LogP contribution in [0.2, 0.25) is 0 Å². The first-order valence-corrected chi connectivity index (χ1v) is 7.60. The van der Waals surface area contributed by atoms with Gasteiger partial charge in [-0.2, -0.15) is 0 Å². The Morgan fingerprint density at radius 2 is 2.40 bits per heavy atom. The van der Waals surface area contributed by atoms with Crippen molar-refractivity contribution in [1.29, 1.82) is 0 Å². The Morgan fingerprint density at radius 1 is 1.55 bits per heavy atom. The lowest BCUT2D eigenvalue weighted by molar-refractivity contribution is -0.121. The number of amides is 1. The van der Waals surface area contributed by atoms with Crippen molar-refractivity contribution in [1.82, 2.24) is 19.8 Å². The molecule has 20 heavy (non-hydrogen) atoms. The van der Waals surface area contributed by atoms with Crippen LogP contribution in [0, 0.1) is 0 Å². The van der Waals surface area contributed by atoms with Crippen molar-refractivity contribution < 1.29 is 4.79 Å². The molecular weight excluding hydrogens is 298 g/mol. The lowest BCUT2D eigenvalue weighted by Crippen LogP contribution is -2.46. The second kappa shape index (κ2) is 9.23. The molecule has 1 amide bonds. The van der Waals surface area contributed by atoms with E-state index < -0.39 is 0 Å². The summed E-state index contributed by atoms with van der Waals surface area (Å²) in [5.41, 5.74) is 6.39. The molecule has 2 rings (SSSR count). The van der Waals surface area contributed by atoms with E-state index in [1.807, 2.05) is 5.38 Å². The van der Waals surface area contributed by atoms with Gasteiger partial charge in [0, 0.05) is 37.5 Å². The Balaban J connectivity index is 0.00000200. The van der Waals surface area contributed by atoms with Crippen LogP contribution in [-0.4, -0.2) is 46.1 Å². The number of nitrogens with zero attached hydrogens (tertiary/aromatic N) is 3. The highest BCUT2D eigenvalue weighted by Crippen LogP contribution is 2.18. The summed E-state index contributed by atoms with van der Waals surface area (Å²) in [6, 6.07) is 0.400. The van der Waals surface area contributed by atoms with Crippen LogP contribution < -0.4 is 11.1 Å². The molecule has 0 saturated carbocycles. The Morgan fingerprint density at radius 3 is 3.10 bits per heavy atom. The maximum Gasteiger partial charge on any atom is 0.221 e. The molecule has 1 aromatic rings. The molecule has 0 aromatic carbocycles. The second-order valence-electron chi connectivity index (χ2n) is 4.86. The molecule has 1 fully saturated rings. The maximum atomic E-state index is 11.5. The van der Waals surface area contributed by atoms with Crippen LogP contribution in [0.5, 0.6) is 0 Å². The highest BCUT2D eigenvalue weighted by molar-refractivity contribution is 7.03. The van der Waals surface area contributed by atoms with Crippen LogP contribution in [-0.2, 0) is 11.3 Å². The first-order valence-electron chi connectivity index (χ1n) is 6.76. The number of piperidine rings is 1. The summed E-state index contributed by atoms with van der Waals surface area (Å²) >= 11 is 1.38. The molecule has 0 bridgehead atoms. The van der Waals surface area contributed by atoms with Gasteiger partial charge >= 0.3 is 0 Å². The lowest BCUT2D eigenvalue weighted by atomic mass is 10.0. The van der Waals surface area contributed by atoms with Crippen LogP contribution in [0.25, 0.3) is 0 Å². The van der Waals surface area contributed by atoms with E-state index >= 15 is 0 Å².